The summed E-state index contributed by atoms with van der Waals surface area (Å²) in [5, 5.41) is 8.81. The van der Waals surface area contributed by atoms with Crippen LogP contribution in [0.5, 0.6) is 0 Å². The van der Waals surface area contributed by atoms with Crippen LogP contribution in [0.2, 0.25) is 0 Å². The van der Waals surface area contributed by atoms with Gasteiger partial charge >= 0.3 is 6.03 Å². The summed E-state index contributed by atoms with van der Waals surface area (Å²) in [4.78, 5) is 25.5. The molecule has 6 heteroatoms. The molecule has 2 rings (SSSR count). The normalized spacial score (nSPS) is 25.9. The molecule has 0 radical (unpaired) electrons. The Morgan fingerprint density at radius 2 is 2.14 bits per heavy atom. The number of urea groups is 1. The highest BCUT2D eigenvalue weighted by molar-refractivity contribution is 6.21. The predicted molar refractivity (Wildman–Crippen MR) is 43.3 cm³/mol. The first-order valence-electron chi connectivity index (χ1n) is 3.80. The quantitative estimate of drug-likeness (QED) is 0.583. The van der Waals surface area contributed by atoms with E-state index < -0.39 is 23.7 Å². The molecule has 1 atom stereocenters. The summed E-state index contributed by atoms with van der Waals surface area (Å²) < 4.78 is 12.7. The van der Waals surface area contributed by atoms with Crippen molar-refractivity contribution in [3.63, 3.8) is 0 Å². The van der Waals surface area contributed by atoms with E-state index >= 15 is 0 Å². The third-order valence-electron chi connectivity index (χ3n) is 1.94. The number of allylic oxidation sites excluding steroid dienone is 3. The average Bonchev–Trinajstić information content (AvgIpc) is 2.16. The molecule has 14 heavy (non-hydrogen) atoms. The molecule has 2 aliphatic rings. The Balaban J connectivity index is 2.47. The van der Waals surface area contributed by atoms with Crippen LogP contribution in [0, 0.1) is 5.92 Å². The van der Waals surface area contributed by atoms with Crippen molar-refractivity contribution in [3.8, 4) is 0 Å². The smallest absolute Gasteiger partial charge is 0.277 e. The van der Waals surface area contributed by atoms with Crippen LogP contribution in [-0.4, -0.2) is 27.9 Å². The fraction of sp³-hybridized carbons (Fsp3) is 0.125. The summed E-state index contributed by atoms with van der Waals surface area (Å²) in [5.41, 5.74) is 0.145. The molecule has 3 amide bonds. The van der Waals surface area contributed by atoms with Gasteiger partial charge in [0.15, 0.2) is 0 Å². The van der Waals surface area contributed by atoms with Crippen LogP contribution in [0.25, 0.3) is 0 Å². The van der Waals surface area contributed by atoms with Gasteiger partial charge in [0.1, 0.15) is 11.7 Å². The number of amides is 3. The van der Waals surface area contributed by atoms with E-state index in [-0.39, 0.29) is 10.8 Å². The Kier molecular flexibility index (Phi) is 1.78. The highest BCUT2D eigenvalue weighted by atomic mass is 19.1. The van der Waals surface area contributed by atoms with Crippen LogP contribution in [0.15, 0.2) is 29.0 Å². The fourth-order valence-electron chi connectivity index (χ4n) is 1.26. The molecule has 5 nitrogen and oxygen atoms in total. The van der Waals surface area contributed by atoms with Crippen molar-refractivity contribution >= 4 is 17.6 Å². The topological polar surface area (TPSA) is 70.0 Å². The molecule has 0 spiro atoms. The van der Waals surface area contributed by atoms with Gasteiger partial charge in [-0.05, 0) is 18.2 Å². The van der Waals surface area contributed by atoms with Crippen LogP contribution in [0.3, 0.4) is 0 Å². The maximum absolute atomic E-state index is 12.7. The second-order valence-corrected chi connectivity index (χ2v) is 2.83. The van der Waals surface area contributed by atoms with Crippen molar-refractivity contribution in [1.82, 2.24) is 5.06 Å². The number of halogens is 1. The number of hydrogen-bond acceptors (Lipinski definition) is 3. The summed E-state index contributed by atoms with van der Waals surface area (Å²) in [6.07, 6.45) is 3.34. The molecule has 1 N–H and O–H groups in total. The Morgan fingerprint density at radius 3 is 2.86 bits per heavy atom. The molecule has 72 valence electrons. The second kappa shape index (κ2) is 2.85. The van der Waals surface area contributed by atoms with Gasteiger partial charge < -0.3 is 0 Å². The SMILES string of the molecule is O=C1N=C2C=CC(F)=CC2C(=O)N1O. The van der Waals surface area contributed by atoms with Crippen LogP contribution in [0.4, 0.5) is 9.18 Å². The van der Waals surface area contributed by atoms with E-state index in [2.05, 4.69) is 4.99 Å². The van der Waals surface area contributed by atoms with Crippen molar-refractivity contribution in [2.75, 3.05) is 0 Å². The number of carbonyl (C=O) groups excluding carboxylic acids is 2. The first kappa shape index (κ1) is 8.76. The maximum Gasteiger partial charge on any atom is 0.374 e. The first-order chi connectivity index (χ1) is 6.59. The zero-order valence-corrected chi connectivity index (χ0v) is 6.85. The molecule has 0 aromatic carbocycles. The number of rotatable bonds is 0. The molecule has 1 heterocycles. The number of imide groups is 1. The highest BCUT2D eigenvalue weighted by Crippen LogP contribution is 2.21. The molecular formula is C8H5FN2O3. The fourth-order valence-corrected chi connectivity index (χ4v) is 1.26. The van der Waals surface area contributed by atoms with Crippen LogP contribution in [-0.2, 0) is 4.79 Å². The molecule has 0 fully saturated rings. The molecule has 1 unspecified atom stereocenters. The lowest BCUT2D eigenvalue weighted by atomic mass is 9.96. The van der Waals surface area contributed by atoms with Gasteiger partial charge in [-0.15, -0.1) is 5.06 Å². The highest BCUT2D eigenvalue weighted by Gasteiger charge is 2.36. The average molecular weight is 196 g/mol. The summed E-state index contributed by atoms with van der Waals surface area (Å²) in [7, 11) is 0. The zero-order chi connectivity index (χ0) is 10.3. The molecule has 0 aromatic rings. The number of nitrogens with zero attached hydrogens (tertiary/aromatic N) is 2. The van der Waals surface area contributed by atoms with E-state index in [0.717, 1.165) is 12.2 Å². The second-order valence-electron chi connectivity index (χ2n) is 2.83. The third kappa shape index (κ3) is 1.16. The van der Waals surface area contributed by atoms with E-state index in [1.807, 2.05) is 0 Å². The zero-order valence-electron chi connectivity index (χ0n) is 6.85. The van der Waals surface area contributed by atoms with E-state index in [1.54, 1.807) is 0 Å². The van der Waals surface area contributed by atoms with Crippen LogP contribution < -0.4 is 0 Å². The van der Waals surface area contributed by atoms with Gasteiger partial charge in [-0.2, -0.15) is 4.99 Å². The number of hydroxylamine groups is 2. The first-order valence-corrected chi connectivity index (χ1v) is 3.80. The summed E-state index contributed by atoms with van der Waals surface area (Å²) in [6, 6.07) is -1.05. The van der Waals surface area contributed by atoms with Gasteiger partial charge in [-0.3, -0.25) is 10.0 Å². The van der Waals surface area contributed by atoms with Crippen molar-refractivity contribution in [1.29, 1.82) is 0 Å². The molecule has 0 saturated carbocycles. The van der Waals surface area contributed by atoms with Crippen molar-refractivity contribution in [3.05, 3.63) is 24.1 Å². The maximum atomic E-state index is 12.7. The Morgan fingerprint density at radius 1 is 1.43 bits per heavy atom. The minimum absolute atomic E-state index is 0.114. The van der Waals surface area contributed by atoms with Gasteiger partial charge in [-0.1, -0.05) is 0 Å². The monoisotopic (exact) mass is 196 g/mol. The van der Waals surface area contributed by atoms with E-state index in [9.17, 15) is 14.0 Å². The molecule has 1 aliphatic heterocycles. The predicted octanol–water partition coefficient (Wildman–Crippen LogP) is 0.818. The van der Waals surface area contributed by atoms with E-state index in [0.29, 0.717) is 0 Å². The lowest BCUT2D eigenvalue weighted by Crippen LogP contribution is -2.44. The molecule has 1 aliphatic carbocycles. The summed E-state index contributed by atoms with van der Waals surface area (Å²) in [6.45, 7) is 0. The minimum Gasteiger partial charge on any atom is -0.277 e. The van der Waals surface area contributed by atoms with E-state index in [4.69, 9.17) is 5.21 Å². The Bertz CT molecular complexity index is 411. The van der Waals surface area contributed by atoms with Crippen LogP contribution in [0.1, 0.15) is 0 Å². The molecule has 0 saturated heterocycles. The van der Waals surface area contributed by atoms with Crippen molar-refractivity contribution in [2.45, 2.75) is 0 Å². The number of hydrogen-bond donors (Lipinski definition) is 1. The Labute approximate surface area is 77.8 Å². The van der Waals surface area contributed by atoms with Gasteiger partial charge in [0, 0.05) is 0 Å². The largest absolute Gasteiger partial charge is 0.374 e. The number of fused-ring (bicyclic) bond motifs is 1. The van der Waals surface area contributed by atoms with Crippen molar-refractivity contribution < 1.29 is 19.2 Å². The van der Waals surface area contributed by atoms with Gasteiger partial charge in [0.05, 0.1) is 5.71 Å². The molecule has 0 bridgehead atoms. The van der Waals surface area contributed by atoms with Gasteiger partial charge in [0.25, 0.3) is 5.91 Å². The number of aliphatic imine (C=N–C) groups is 1. The molecule has 0 aromatic heterocycles. The molecular weight excluding hydrogens is 191 g/mol. The van der Waals surface area contributed by atoms with Crippen molar-refractivity contribution in [2.24, 2.45) is 10.9 Å². The lowest BCUT2D eigenvalue weighted by molar-refractivity contribution is -0.154. The standard InChI is InChI=1S/C8H5FN2O3/c9-4-1-2-6-5(3-4)7(12)11(14)8(13)10-6/h1-3,5,14H. The van der Waals surface area contributed by atoms with Gasteiger partial charge in [-0.25, -0.2) is 9.18 Å². The van der Waals surface area contributed by atoms with Crippen LogP contribution >= 0.6 is 0 Å². The lowest BCUT2D eigenvalue weighted by Gasteiger charge is -2.23. The van der Waals surface area contributed by atoms with E-state index in [1.165, 1.54) is 6.08 Å². The Hall–Kier alpha value is -1.82. The summed E-state index contributed by atoms with van der Waals surface area (Å²) >= 11 is 0. The summed E-state index contributed by atoms with van der Waals surface area (Å²) in [5.74, 6) is -2.48. The van der Waals surface area contributed by atoms with Gasteiger partial charge in [0.2, 0.25) is 0 Å². The number of carbonyl (C=O) groups is 2. The third-order valence-corrected chi connectivity index (χ3v) is 1.94. The minimum atomic E-state index is -1.05.